The van der Waals surface area contributed by atoms with Crippen molar-refractivity contribution < 1.29 is 70.7 Å². The highest BCUT2D eigenvalue weighted by molar-refractivity contribution is 7.81. The second-order valence-electron chi connectivity index (χ2n) is 12.0. The molecule has 0 fully saturated rings. The van der Waals surface area contributed by atoms with Crippen LogP contribution in [0.25, 0.3) is 0 Å². The Morgan fingerprint density at radius 1 is 0.929 bits per heavy atom. The monoisotopic (exact) mass is 850 g/mol. The average molecular weight is 851 g/mol. The fourth-order valence-corrected chi connectivity index (χ4v) is 5.62. The van der Waals surface area contributed by atoms with E-state index in [1.807, 2.05) is 0 Å². The number of amides is 4. The minimum atomic E-state index is -5.45. The van der Waals surface area contributed by atoms with Gasteiger partial charge in [0.2, 0.25) is 40.1 Å². The molecule has 12 N–H and O–H groups in total. The van der Waals surface area contributed by atoms with E-state index in [-0.39, 0.29) is 29.7 Å². The number of hydrogen-bond donors (Lipinski definition) is 10. The fraction of sp³-hybridized carbons (Fsp3) is 0.571. The number of ether oxygens (including phenoxy) is 1. The highest BCUT2D eigenvalue weighted by Crippen LogP contribution is 2.16. The SMILES string of the molecule is CC(NC(=O)C(C)NC(=S)C1N=C(C(NC(=O)C(CO)NC(=O)C(C)NC(=S)C2N=C(C(=O)CCC[NH+]=C(N)N)NC2=O)C(C)OS(=O)(=O)[O-])OC1=O)C(=O)[O-]. The summed E-state index contributed by atoms with van der Waals surface area (Å²) in [5.74, 6) is -8.12. The Balaban J connectivity index is 2.15. The summed E-state index contributed by atoms with van der Waals surface area (Å²) in [5.41, 5.74) is 10.6. The maximum Gasteiger partial charge on any atom is 0.344 e. The number of nitrogens with one attached hydrogen (secondary N) is 7. The van der Waals surface area contributed by atoms with Gasteiger partial charge in [0.15, 0.2) is 17.7 Å². The Kier molecular flexibility index (Phi) is 17.2. The van der Waals surface area contributed by atoms with Crippen molar-refractivity contribution in [2.45, 2.75) is 88.9 Å². The van der Waals surface area contributed by atoms with E-state index in [2.05, 4.69) is 51.1 Å². The highest BCUT2D eigenvalue weighted by Gasteiger charge is 2.41. The number of ketones is 1. The van der Waals surface area contributed by atoms with Gasteiger partial charge in [0, 0.05) is 6.42 Å². The van der Waals surface area contributed by atoms with Crippen LogP contribution in [0.1, 0.15) is 40.5 Å². The lowest BCUT2D eigenvalue weighted by Crippen LogP contribution is -2.78. The van der Waals surface area contributed by atoms with Gasteiger partial charge in [0.1, 0.15) is 40.2 Å². The second kappa shape index (κ2) is 20.6. The smallest absolute Gasteiger partial charge is 0.344 e. The third-order valence-corrected chi connectivity index (χ3v) is 8.66. The van der Waals surface area contributed by atoms with Gasteiger partial charge in [-0.25, -0.2) is 23.2 Å². The zero-order valence-corrected chi connectivity index (χ0v) is 32.4. The first-order valence-corrected chi connectivity index (χ1v) is 18.4. The van der Waals surface area contributed by atoms with Crippen molar-refractivity contribution in [3.05, 3.63) is 0 Å². The molecule has 56 heavy (non-hydrogen) atoms. The van der Waals surface area contributed by atoms with E-state index in [9.17, 15) is 56.7 Å². The van der Waals surface area contributed by atoms with Crippen molar-refractivity contribution in [3.8, 4) is 0 Å². The van der Waals surface area contributed by atoms with E-state index in [4.69, 9.17) is 40.6 Å². The molecule has 0 aromatic heterocycles. The Morgan fingerprint density at radius 2 is 1.50 bits per heavy atom. The number of carboxylic acids is 1. The third kappa shape index (κ3) is 14.1. The summed E-state index contributed by atoms with van der Waals surface area (Å²) in [6.45, 7) is 3.85. The van der Waals surface area contributed by atoms with Crippen molar-refractivity contribution in [1.82, 2.24) is 31.9 Å². The maximum atomic E-state index is 13.3. The van der Waals surface area contributed by atoms with E-state index in [1.165, 1.54) is 13.8 Å². The van der Waals surface area contributed by atoms with Crippen LogP contribution in [0.2, 0.25) is 0 Å². The number of nitrogens with zero attached hydrogens (tertiary/aromatic N) is 2. The summed E-state index contributed by atoms with van der Waals surface area (Å²) in [6, 6.07) is -10.6. The minimum absolute atomic E-state index is 0.0239. The summed E-state index contributed by atoms with van der Waals surface area (Å²) in [4.78, 5) is 97.0. The topological polar surface area (TPSA) is 401 Å². The van der Waals surface area contributed by atoms with Crippen LogP contribution in [-0.4, -0.2) is 149 Å². The Hall–Kier alpha value is -5.29. The number of amidine groups is 1. The van der Waals surface area contributed by atoms with Gasteiger partial charge in [-0.1, -0.05) is 24.4 Å². The highest BCUT2D eigenvalue weighted by atomic mass is 32.3. The second-order valence-corrected chi connectivity index (χ2v) is 13.9. The standard InChI is InChI=1S/C28H41N11O14S3/c1-9(19(42)32-11(3)26(46)47)34-25(55)17-27(48)52-23(38-17)15(12(4)53-56(49,50)51)37-21(44)13(8-40)35-20(43)10(2)33-24(54)16-22(45)39-18(36-16)14(41)6-5-7-31-28(29)30/h9-13,15-17,40H,5-8H2,1-4H3,(H,32,42)(H,33,54)(H,34,55)(H,35,43)(H,37,44)(H,46,47)(H4,29,30,31)(H,36,39,45)(H,49,50,51)/p-1. The summed E-state index contributed by atoms with van der Waals surface area (Å²) in [5, 5.41) is 34.7. The molecule has 0 aromatic carbocycles. The molecule has 0 aromatic rings. The number of rotatable bonds is 21. The van der Waals surface area contributed by atoms with Crippen LogP contribution in [0.5, 0.6) is 0 Å². The van der Waals surface area contributed by atoms with Crippen molar-refractivity contribution in [1.29, 1.82) is 0 Å². The zero-order valence-electron chi connectivity index (χ0n) is 30.0. The number of carbonyl (C=O) groups is 7. The molecule has 0 aliphatic carbocycles. The van der Waals surface area contributed by atoms with Crippen LogP contribution in [0.4, 0.5) is 0 Å². The lowest BCUT2D eigenvalue weighted by atomic mass is 10.1. The van der Waals surface area contributed by atoms with Crippen LogP contribution < -0.4 is 53.5 Å². The van der Waals surface area contributed by atoms with Crippen molar-refractivity contribution in [2.24, 2.45) is 21.5 Å². The normalized spacial score (nSPS) is 19.5. The molecule has 4 amide bonds. The molecule has 0 bridgehead atoms. The molecule has 2 heterocycles. The number of guanidine groups is 1. The van der Waals surface area contributed by atoms with Crippen molar-refractivity contribution in [2.75, 3.05) is 13.2 Å². The molecule has 25 nitrogen and oxygen atoms in total. The summed E-state index contributed by atoms with van der Waals surface area (Å²) in [7, 11) is -5.45. The number of aliphatic carboxylic acids is 1. The number of Topliss-reactive ketones (excluding diaryl/α,β-unsaturated/α-hetero) is 1. The van der Waals surface area contributed by atoms with Gasteiger partial charge in [-0.3, -0.25) is 44.6 Å². The van der Waals surface area contributed by atoms with Crippen molar-refractivity contribution >= 4 is 104 Å². The average Bonchev–Trinajstić information content (AvgIpc) is 3.68. The predicted octanol–water partition coefficient (Wildman–Crippen LogP) is -9.40. The largest absolute Gasteiger partial charge is 0.726 e. The van der Waals surface area contributed by atoms with Gasteiger partial charge in [-0.2, -0.15) is 0 Å². The molecule has 0 radical (unpaired) electrons. The van der Waals surface area contributed by atoms with E-state index in [0.717, 1.165) is 13.8 Å². The van der Waals surface area contributed by atoms with Crippen LogP contribution in [-0.2, 0) is 52.9 Å². The van der Waals surface area contributed by atoms with Gasteiger partial charge < -0.3 is 56.2 Å². The predicted molar refractivity (Wildman–Crippen MR) is 194 cm³/mol. The summed E-state index contributed by atoms with van der Waals surface area (Å²) < 4.78 is 43.7. The fourth-order valence-electron chi connectivity index (χ4n) is 4.48. The van der Waals surface area contributed by atoms with Crippen LogP contribution in [0.3, 0.4) is 0 Å². The lowest BCUT2D eigenvalue weighted by molar-refractivity contribution is -0.459. The van der Waals surface area contributed by atoms with Crippen LogP contribution in [0, 0.1) is 0 Å². The quantitative estimate of drug-likeness (QED) is 0.00975. The number of aliphatic hydroxyl groups is 1. The van der Waals surface area contributed by atoms with Gasteiger partial charge in [-0.05, 0) is 34.1 Å². The van der Waals surface area contributed by atoms with E-state index < -0.39 is 118 Å². The first-order chi connectivity index (χ1) is 25.9. The molecule has 0 saturated carbocycles. The summed E-state index contributed by atoms with van der Waals surface area (Å²) >= 11 is 10.3. The first kappa shape index (κ1) is 46.9. The number of carboxylic acid groups (broad SMARTS) is 1. The van der Waals surface area contributed by atoms with Crippen LogP contribution >= 0.6 is 24.4 Å². The summed E-state index contributed by atoms with van der Waals surface area (Å²) in [6.07, 6.45) is -1.54. The van der Waals surface area contributed by atoms with Crippen molar-refractivity contribution in [3.63, 3.8) is 0 Å². The molecule has 2 aliphatic rings. The minimum Gasteiger partial charge on any atom is -0.726 e. The number of esters is 1. The molecule has 310 valence electrons. The molecule has 2 aliphatic heterocycles. The number of aliphatic imine (C=N–C) groups is 2. The number of aliphatic hydroxyl groups excluding tert-OH is 1. The lowest BCUT2D eigenvalue weighted by Gasteiger charge is -2.27. The number of hydrogen-bond acceptors (Lipinski definition) is 18. The van der Waals surface area contributed by atoms with Gasteiger partial charge in [0.05, 0.1) is 25.2 Å². The number of carbonyl (C=O) groups excluding carboxylic acids is 7. The third-order valence-electron chi connectivity index (χ3n) is 7.44. The van der Waals surface area contributed by atoms with E-state index in [1.54, 1.807) is 0 Å². The Morgan fingerprint density at radius 3 is 2.04 bits per heavy atom. The van der Waals surface area contributed by atoms with E-state index >= 15 is 0 Å². The molecule has 8 atom stereocenters. The number of cyclic esters (lactones) is 1. The van der Waals surface area contributed by atoms with Gasteiger partial charge >= 0.3 is 11.9 Å². The zero-order chi connectivity index (χ0) is 42.7. The Bertz CT molecular complexity index is 1820. The maximum absolute atomic E-state index is 13.3. The van der Waals surface area contributed by atoms with Gasteiger partial charge in [-0.15, -0.1) is 0 Å². The first-order valence-electron chi connectivity index (χ1n) is 16.3. The molecule has 2 rings (SSSR count). The van der Waals surface area contributed by atoms with Crippen LogP contribution in [0.15, 0.2) is 9.98 Å². The number of nitrogens with two attached hydrogens (primary N) is 2. The Labute approximate surface area is 329 Å². The number of thiocarbonyl (C=S) groups is 2. The molecule has 0 saturated heterocycles. The van der Waals surface area contributed by atoms with Gasteiger partial charge in [0.25, 0.3) is 5.91 Å². The van der Waals surface area contributed by atoms with E-state index in [0.29, 0.717) is 6.42 Å². The molecule has 0 spiro atoms. The molecule has 28 heteroatoms. The molecular formula is C28H40N11O14S3-. The molecule has 8 unspecified atom stereocenters. The molecular weight excluding hydrogens is 811 g/mol.